The Morgan fingerprint density at radius 2 is 2.04 bits per heavy atom. The van der Waals surface area contributed by atoms with Gasteiger partial charge in [0.05, 0.1) is 18.4 Å². The summed E-state index contributed by atoms with van der Waals surface area (Å²) in [4.78, 5) is 35.9. The van der Waals surface area contributed by atoms with Gasteiger partial charge in [0.25, 0.3) is 5.91 Å². The lowest BCUT2D eigenvalue weighted by Gasteiger charge is -2.36. The second-order valence-corrected chi connectivity index (χ2v) is 6.90. The molecular weight excluding hydrogens is 356 g/mol. The maximum atomic E-state index is 12.8. The Morgan fingerprint density at radius 1 is 1.25 bits per heavy atom. The maximum Gasteiger partial charge on any atom is 0.339 e. The van der Waals surface area contributed by atoms with E-state index in [1.54, 1.807) is 37.3 Å². The molecule has 0 saturated carbocycles. The third-order valence-corrected chi connectivity index (χ3v) is 5.03. The van der Waals surface area contributed by atoms with Crippen molar-refractivity contribution >= 4 is 23.4 Å². The quantitative estimate of drug-likeness (QED) is 0.796. The second kappa shape index (κ2) is 8.82. The zero-order valence-corrected chi connectivity index (χ0v) is 16.6. The number of hydrogen-bond acceptors (Lipinski definition) is 6. The molecule has 1 aliphatic rings. The van der Waals surface area contributed by atoms with Gasteiger partial charge in [-0.15, -0.1) is 0 Å². The molecule has 1 saturated heterocycles. The number of amides is 1. The highest BCUT2D eigenvalue weighted by Gasteiger charge is 2.24. The Morgan fingerprint density at radius 3 is 2.79 bits per heavy atom. The van der Waals surface area contributed by atoms with E-state index in [9.17, 15) is 9.59 Å². The highest BCUT2D eigenvalue weighted by Crippen LogP contribution is 2.26. The monoisotopic (exact) mass is 382 g/mol. The summed E-state index contributed by atoms with van der Waals surface area (Å²) in [7, 11) is 1.31. The number of hydrogen-bond donors (Lipinski definition) is 1. The van der Waals surface area contributed by atoms with E-state index in [1.807, 2.05) is 0 Å². The average molecular weight is 382 g/mol. The fourth-order valence-electron chi connectivity index (χ4n) is 3.61. The highest BCUT2D eigenvalue weighted by atomic mass is 16.5. The molecule has 0 aliphatic carbocycles. The first kappa shape index (κ1) is 19.8. The molecule has 148 valence electrons. The summed E-state index contributed by atoms with van der Waals surface area (Å²) in [6.07, 6.45) is 4.51. The normalized spacial score (nSPS) is 16.5. The zero-order chi connectivity index (χ0) is 20.1. The van der Waals surface area contributed by atoms with E-state index in [0.717, 1.165) is 31.6 Å². The zero-order valence-electron chi connectivity index (χ0n) is 16.6. The van der Waals surface area contributed by atoms with Crippen molar-refractivity contribution < 1.29 is 14.3 Å². The number of rotatable bonds is 5. The Hall–Kier alpha value is -2.96. The molecule has 1 N–H and O–H groups in total. The van der Waals surface area contributed by atoms with Crippen LogP contribution in [0.4, 0.5) is 11.5 Å². The number of ether oxygens (including phenoxy) is 1. The summed E-state index contributed by atoms with van der Waals surface area (Å²) < 4.78 is 4.78. The number of para-hydroxylation sites is 1. The molecule has 1 atom stereocenters. The van der Waals surface area contributed by atoms with Crippen molar-refractivity contribution in [3.8, 4) is 0 Å². The second-order valence-electron chi connectivity index (χ2n) is 6.90. The van der Waals surface area contributed by atoms with E-state index in [-0.39, 0.29) is 11.6 Å². The molecule has 7 heteroatoms. The fraction of sp³-hybridized carbons (Fsp3) is 0.429. The van der Waals surface area contributed by atoms with Crippen molar-refractivity contribution in [1.82, 2.24) is 9.97 Å². The molecule has 3 rings (SSSR count). The molecule has 0 spiro atoms. The Balaban J connectivity index is 1.87. The van der Waals surface area contributed by atoms with Crippen molar-refractivity contribution in [2.24, 2.45) is 0 Å². The lowest BCUT2D eigenvalue weighted by atomic mass is 10.00. The minimum atomic E-state index is -0.505. The highest BCUT2D eigenvalue weighted by molar-refractivity contribution is 6.07. The van der Waals surface area contributed by atoms with E-state index in [0.29, 0.717) is 23.1 Å². The minimum Gasteiger partial charge on any atom is -0.465 e. The van der Waals surface area contributed by atoms with Crippen LogP contribution in [0, 0.1) is 6.92 Å². The Labute approximate surface area is 165 Å². The number of esters is 1. The van der Waals surface area contributed by atoms with Gasteiger partial charge in [-0.3, -0.25) is 4.79 Å². The SMILES string of the molecule is CCC1CCCCN1c1cc(C(=O)Nc2ccccc2C(=O)OC)nc(C)n1. The van der Waals surface area contributed by atoms with Gasteiger partial charge in [0, 0.05) is 18.7 Å². The third-order valence-electron chi connectivity index (χ3n) is 5.03. The summed E-state index contributed by atoms with van der Waals surface area (Å²) in [6, 6.07) is 8.90. The van der Waals surface area contributed by atoms with Crippen molar-refractivity contribution in [2.45, 2.75) is 45.6 Å². The molecule has 7 nitrogen and oxygen atoms in total. The molecule has 1 amide bonds. The number of carbonyl (C=O) groups is 2. The van der Waals surface area contributed by atoms with Crippen LogP contribution in [0.5, 0.6) is 0 Å². The first-order chi connectivity index (χ1) is 13.5. The van der Waals surface area contributed by atoms with E-state index in [1.165, 1.54) is 13.5 Å². The van der Waals surface area contributed by atoms with Crippen molar-refractivity contribution in [3.05, 3.63) is 47.4 Å². The summed E-state index contributed by atoms with van der Waals surface area (Å²) >= 11 is 0. The summed E-state index contributed by atoms with van der Waals surface area (Å²) in [5.74, 6) is 0.442. The van der Waals surface area contributed by atoms with Gasteiger partial charge >= 0.3 is 5.97 Å². The molecule has 2 aromatic rings. The standard InChI is InChI=1S/C21H26N4O3/c1-4-15-9-7-8-12-25(15)19-13-18(22-14(2)23-19)20(26)24-17-11-6-5-10-16(17)21(27)28-3/h5-6,10-11,13,15H,4,7-9,12H2,1-3H3,(H,24,26). The molecule has 2 heterocycles. The number of anilines is 2. The number of aromatic nitrogens is 2. The molecule has 1 aliphatic heterocycles. The van der Waals surface area contributed by atoms with E-state index in [2.05, 4.69) is 27.1 Å². The van der Waals surface area contributed by atoms with Gasteiger partial charge in [-0.2, -0.15) is 0 Å². The van der Waals surface area contributed by atoms with Crippen molar-refractivity contribution in [3.63, 3.8) is 0 Å². The van der Waals surface area contributed by atoms with E-state index >= 15 is 0 Å². The van der Waals surface area contributed by atoms with Crippen LogP contribution in [-0.2, 0) is 4.74 Å². The number of benzene rings is 1. The van der Waals surface area contributed by atoms with Crippen LogP contribution >= 0.6 is 0 Å². The minimum absolute atomic E-state index is 0.280. The first-order valence-corrected chi connectivity index (χ1v) is 9.64. The van der Waals surface area contributed by atoms with Crippen LogP contribution in [-0.4, -0.2) is 41.5 Å². The molecule has 1 aromatic carbocycles. The number of nitrogens with zero attached hydrogens (tertiary/aromatic N) is 3. The number of aryl methyl sites for hydroxylation is 1. The average Bonchev–Trinajstić information content (AvgIpc) is 2.73. The van der Waals surface area contributed by atoms with Crippen LogP contribution in [0.3, 0.4) is 0 Å². The third kappa shape index (κ3) is 4.30. The van der Waals surface area contributed by atoms with Gasteiger partial charge in [-0.1, -0.05) is 19.1 Å². The van der Waals surface area contributed by atoms with Gasteiger partial charge in [-0.25, -0.2) is 14.8 Å². The van der Waals surface area contributed by atoms with Crippen molar-refractivity contribution in [2.75, 3.05) is 23.9 Å². The first-order valence-electron chi connectivity index (χ1n) is 9.64. The number of piperidine rings is 1. The molecule has 1 aromatic heterocycles. The fourth-order valence-corrected chi connectivity index (χ4v) is 3.61. The molecule has 1 fully saturated rings. The van der Waals surface area contributed by atoms with E-state index in [4.69, 9.17) is 4.74 Å². The molecule has 1 unspecified atom stereocenters. The van der Waals surface area contributed by atoms with Crippen molar-refractivity contribution in [1.29, 1.82) is 0 Å². The number of methoxy groups -OCH3 is 1. The largest absolute Gasteiger partial charge is 0.465 e. The lowest BCUT2D eigenvalue weighted by Crippen LogP contribution is -2.40. The summed E-state index contributed by atoms with van der Waals surface area (Å²) in [5, 5.41) is 2.78. The number of carbonyl (C=O) groups excluding carboxylic acids is 2. The van der Waals surface area contributed by atoms with Gasteiger partial charge in [0.1, 0.15) is 17.3 Å². The van der Waals surface area contributed by atoms with Gasteiger partial charge in [-0.05, 0) is 44.7 Å². The molecule has 0 bridgehead atoms. The predicted octanol–water partition coefficient (Wildman–Crippen LogP) is 3.59. The topological polar surface area (TPSA) is 84.4 Å². The lowest BCUT2D eigenvalue weighted by molar-refractivity contribution is 0.0602. The summed E-state index contributed by atoms with van der Waals surface area (Å²) in [5.41, 5.74) is 0.968. The molecule has 0 radical (unpaired) electrons. The molecule has 28 heavy (non-hydrogen) atoms. The predicted molar refractivity (Wildman–Crippen MR) is 108 cm³/mol. The number of nitrogens with one attached hydrogen (secondary N) is 1. The van der Waals surface area contributed by atoms with Gasteiger partial charge in [0.2, 0.25) is 0 Å². The maximum absolute atomic E-state index is 12.8. The smallest absolute Gasteiger partial charge is 0.339 e. The van der Waals surface area contributed by atoms with Crippen LogP contribution in [0.25, 0.3) is 0 Å². The summed E-state index contributed by atoms with van der Waals surface area (Å²) in [6.45, 7) is 4.89. The molecular formula is C21H26N4O3. The Bertz CT molecular complexity index is 868. The van der Waals surface area contributed by atoms with Crippen LogP contribution in [0.2, 0.25) is 0 Å². The van der Waals surface area contributed by atoms with Crippen LogP contribution < -0.4 is 10.2 Å². The van der Waals surface area contributed by atoms with Gasteiger partial charge in [0.15, 0.2) is 0 Å². The van der Waals surface area contributed by atoms with E-state index < -0.39 is 5.97 Å². The van der Waals surface area contributed by atoms with Crippen LogP contribution in [0.1, 0.15) is 59.3 Å². The van der Waals surface area contributed by atoms with Crippen LogP contribution in [0.15, 0.2) is 30.3 Å². The van der Waals surface area contributed by atoms with Gasteiger partial charge < -0.3 is 15.0 Å². The Kier molecular flexibility index (Phi) is 6.23.